The Morgan fingerprint density at radius 2 is 2.50 bits per heavy atom. The molecule has 64 valence electrons. The van der Waals surface area contributed by atoms with Crippen molar-refractivity contribution in [3.8, 4) is 0 Å². The second-order valence-corrected chi connectivity index (χ2v) is 4.06. The van der Waals surface area contributed by atoms with Crippen LogP contribution in [0, 0.1) is 0 Å². The highest BCUT2D eigenvalue weighted by Crippen LogP contribution is 2.28. The van der Waals surface area contributed by atoms with Crippen LogP contribution in [0.15, 0.2) is 38.1 Å². The minimum absolute atomic E-state index is 1.16. The Bertz CT molecular complexity index is 272. The third-order valence-electron chi connectivity index (χ3n) is 1.82. The highest BCUT2D eigenvalue weighted by Gasteiger charge is 2.06. The lowest BCUT2D eigenvalue weighted by Crippen LogP contribution is -1.90. The second kappa shape index (κ2) is 4.60. The number of hydrogen-bond donors (Lipinski definition) is 0. The topological polar surface area (TPSA) is 12.4 Å². The maximum Gasteiger partial charge on any atom is 0.0296 e. The van der Waals surface area contributed by atoms with Crippen molar-refractivity contribution in [2.24, 2.45) is 4.99 Å². The first-order valence-electron chi connectivity index (χ1n) is 3.94. The van der Waals surface area contributed by atoms with E-state index in [2.05, 4.69) is 53.4 Å². The van der Waals surface area contributed by atoms with Crippen LogP contribution < -0.4 is 0 Å². The lowest BCUT2D eigenvalue weighted by Gasteiger charge is -2.10. The van der Waals surface area contributed by atoms with Crippen LogP contribution in [-0.4, -0.2) is 6.72 Å². The maximum absolute atomic E-state index is 3.76. The molecule has 0 bridgehead atoms. The van der Waals surface area contributed by atoms with Gasteiger partial charge in [0.15, 0.2) is 0 Å². The van der Waals surface area contributed by atoms with Crippen LogP contribution in [0.2, 0.25) is 0 Å². The molecule has 1 aliphatic carbocycles. The van der Waals surface area contributed by atoms with E-state index in [9.17, 15) is 0 Å². The van der Waals surface area contributed by atoms with Crippen molar-refractivity contribution in [3.63, 3.8) is 0 Å². The van der Waals surface area contributed by atoms with Crippen molar-refractivity contribution in [1.29, 1.82) is 0 Å². The van der Waals surface area contributed by atoms with E-state index < -0.39 is 0 Å². The average molecular weight is 273 g/mol. The molecule has 1 aliphatic rings. The summed E-state index contributed by atoms with van der Waals surface area (Å²) in [4.78, 5) is 3.76. The van der Waals surface area contributed by atoms with E-state index in [1.54, 1.807) is 0 Å². The van der Waals surface area contributed by atoms with Gasteiger partial charge in [0, 0.05) is 6.20 Å². The monoisotopic (exact) mass is 273 g/mol. The average Bonchev–Trinajstić information content (AvgIpc) is 2.05. The van der Waals surface area contributed by atoms with Crippen LogP contribution >= 0.6 is 22.6 Å². The Balaban J connectivity index is 2.93. The van der Waals surface area contributed by atoms with Crippen LogP contribution in [0.3, 0.4) is 0 Å². The van der Waals surface area contributed by atoms with Gasteiger partial charge in [0.2, 0.25) is 0 Å². The van der Waals surface area contributed by atoms with Crippen molar-refractivity contribution in [1.82, 2.24) is 0 Å². The van der Waals surface area contributed by atoms with E-state index in [0.717, 1.165) is 12.8 Å². The van der Waals surface area contributed by atoms with Gasteiger partial charge < -0.3 is 0 Å². The molecule has 0 aromatic rings. The zero-order valence-electron chi connectivity index (χ0n) is 7.18. The number of halogens is 1. The van der Waals surface area contributed by atoms with Gasteiger partial charge >= 0.3 is 0 Å². The molecule has 0 saturated heterocycles. The van der Waals surface area contributed by atoms with Gasteiger partial charge in [-0.2, -0.15) is 0 Å². The van der Waals surface area contributed by atoms with Crippen LogP contribution in [0.4, 0.5) is 0 Å². The van der Waals surface area contributed by atoms with Crippen LogP contribution in [0.1, 0.15) is 19.8 Å². The van der Waals surface area contributed by atoms with Gasteiger partial charge in [-0.25, -0.2) is 0 Å². The molecule has 0 N–H and O–H groups in total. The molecular formula is C10H12IN. The van der Waals surface area contributed by atoms with E-state index in [0.29, 0.717) is 0 Å². The standard InChI is InChI=1S/C10H12IN/c1-8(7-12-2)9-5-3-4-6-10(9)11/h3,5,7H,2,4,6H2,1H3/b8-7-. The molecule has 0 atom stereocenters. The summed E-state index contributed by atoms with van der Waals surface area (Å²) in [7, 11) is 0. The minimum atomic E-state index is 1.16. The number of nitrogens with zero attached hydrogens (tertiary/aromatic N) is 1. The molecule has 0 aromatic heterocycles. The summed E-state index contributed by atoms with van der Waals surface area (Å²) >= 11 is 2.40. The molecular weight excluding hydrogens is 261 g/mol. The minimum Gasteiger partial charge on any atom is -0.272 e. The zero-order chi connectivity index (χ0) is 8.97. The number of rotatable bonds is 2. The number of hydrogen-bond acceptors (Lipinski definition) is 1. The fourth-order valence-corrected chi connectivity index (χ4v) is 2.10. The first kappa shape index (κ1) is 9.71. The third-order valence-corrected chi connectivity index (χ3v) is 2.94. The Morgan fingerprint density at radius 3 is 3.08 bits per heavy atom. The molecule has 0 aliphatic heterocycles. The van der Waals surface area contributed by atoms with Crippen molar-refractivity contribution in [2.45, 2.75) is 19.8 Å². The number of allylic oxidation sites excluding steroid dienone is 5. The van der Waals surface area contributed by atoms with Crippen molar-refractivity contribution >= 4 is 29.3 Å². The van der Waals surface area contributed by atoms with Gasteiger partial charge in [-0.1, -0.05) is 12.2 Å². The Morgan fingerprint density at radius 1 is 1.75 bits per heavy atom. The van der Waals surface area contributed by atoms with Crippen molar-refractivity contribution in [3.05, 3.63) is 33.1 Å². The molecule has 0 heterocycles. The summed E-state index contributed by atoms with van der Waals surface area (Å²) in [5, 5.41) is 0. The van der Waals surface area contributed by atoms with E-state index in [1.165, 1.54) is 14.7 Å². The quantitative estimate of drug-likeness (QED) is 0.538. The lowest BCUT2D eigenvalue weighted by atomic mass is 10.0. The molecule has 0 fully saturated rings. The summed E-state index contributed by atoms with van der Waals surface area (Å²) in [5.41, 5.74) is 2.51. The van der Waals surface area contributed by atoms with Gasteiger partial charge in [-0.15, -0.1) is 0 Å². The Labute approximate surface area is 87.1 Å². The lowest BCUT2D eigenvalue weighted by molar-refractivity contribution is 1.01. The summed E-state index contributed by atoms with van der Waals surface area (Å²) < 4.78 is 1.42. The molecule has 1 nitrogen and oxygen atoms in total. The summed E-state index contributed by atoms with van der Waals surface area (Å²) in [6, 6.07) is 0. The van der Waals surface area contributed by atoms with Crippen molar-refractivity contribution < 1.29 is 0 Å². The van der Waals surface area contributed by atoms with E-state index in [-0.39, 0.29) is 0 Å². The highest BCUT2D eigenvalue weighted by molar-refractivity contribution is 14.1. The molecule has 0 spiro atoms. The molecule has 0 radical (unpaired) electrons. The van der Waals surface area contributed by atoms with Gasteiger partial charge in [0.1, 0.15) is 0 Å². The van der Waals surface area contributed by atoms with Gasteiger partial charge in [0.25, 0.3) is 0 Å². The van der Waals surface area contributed by atoms with Crippen LogP contribution in [0.25, 0.3) is 0 Å². The van der Waals surface area contributed by atoms with Gasteiger partial charge in [-0.3, -0.25) is 4.99 Å². The van der Waals surface area contributed by atoms with Crippen molar-refractivity contribution in [2.75, 3.05) is 0 Å². The third kappa shape index (κ3) is 2.30. The van der Waals surface area contributed by atoms with E-state index in [4.69, 9.17) is 0 Å². The molecule has 12 heavy (non-hydrogen) atoms. The number of aliphatic imine (C=N–C) groups is 1. The predicted octanol–water partition coefficient (Wildman–Crippen LogP) is 3.63. The molecule has 0 aromatic carbocycles. The zero-order valence-corrected chi connectivity index (χ0v) is 9.34. The second-order valence-electron chi connectivity index (χ2n) is 2.75. The molecule has 0 unspecified atom stereocenters. The first-order valence-corrected chi connectivity index (χ1v) is 5.01. The summed E-state index contributed by atoms with van der Waals surface area (Å²) in [5.74, 6) is 0. The highest BCUT2D eigenvalue weighted by atomic mass is 127. The predicted molar refractivity (Wildman–Crippen MR) is 62.7 cm³/mol. The SMILES string of the molecule is C=N/C=C(/C)C1=C(I)CCC=C1. The first-order chi connectivity index (χ1) is 5.75. The Kier molecular flexibility index (Phi) is 3.72. The molecule has 0 amide bonds. The normalized spacial score (nSPS) is 18.3. The maximum atomic E-state index is 3.76. The smallest absolute Gasteiger partial charge is 0.0296 e. The van der Waals surface area contributed by atoms with Crippen LogP contribution in [-0.2, 0) is 0 Å². The molecule has 1 rings (SSSR count). The van der Waals surface area contributed by atoms with Crippen LogP contribution in [0.5, 0.6) is 0 Å². The summed E-state index contributed by atoms with van der Waals surface area (Å²) in [6.07, 6.45) is 8.51. The molecule has 2 heteroatoms. The van der Waals surface area contributed by atoms with E-state index >= 15 is 0 Å². The van der Waals surface area contributed by atoms with Gasteiger partial charge in [0.05, 0.1) is 0 Å². The fourth-order valence-electron chi connectivity index (χ4n) is 1.19. The van der Waals surface area contributed by atoms with Gasteiger partial charge in [-0.05, 0) is 63.8 Å². The van der Waals surface area contributed by atoms with E-state index in [1.807, 2.05) is 6.20 Å². The summed E-state index contributed by atoms with van der Waals surface area (Å²) in [6.45, 7) is 5.51. The Hall–Kier alpha value is -0.380. The largest absolute Gasteiger partial charge is 0.272 e. The fraction of sp³-hybridized carbons (Fsp3) is 0.300. The molecule has 0 saturated carbocycles.